The van der Waals surface area contributed by atoms with Crippen molar-refractivity contribution in [1.82, 2.24) is 10.2 Å². The lowest BCUT2D eigenvalue weighted by Crippen LogP contribution is -2.02. The van der Waals surface area contributed by atoms with Crippen LogP contribution in [0.15, 0.2) is 42.5 Å². The number of fused-ring (bicyclic) bond motifs is 1. The highest BCUT2D eigenvalue weighted by molar-refractivity contribution is 6.31. The maximum absolute atomic E-state index is 12.4. The number of H-pyrrole nitrogens is 1. The highest BCUT2D eigenvalue weighted by Gasteiger charge is 2.16. The molecule has 5 heteroatoms. The van der Waals surface area contributed by atoms with Crippen molar-refractivity contribution in [1.29, 1.82) is 0 Å². The van der Waals surface area contributed by atoms with Crippen LogP contribution in [0.1, 0.15) is 16.1 Å². The summed E-state index contributed by atoms with van der Waals surface area (Å²) < 4.78 is 0. The molecule has 0 aliphatic heterocycles. The Morgan fingerprint density at radius 1 is 1.00 bits per heavy atom. The number of hydrogen-bond donors (Lipinski definition) is 1. The molecule has 0 bridgehead atoms. The van der Waals surface area contributed by atoms with E-state index in [1.807, 2.05) is 0 Å². The zero-order chi connectivity index (χ0) is 13.4. The van der Waals surface area contributed by atoms with Crippen LogP contribution in [0.5, 0.6) is 0 Å². The Hall–Kier alpha value is -1.84. The molecule has 0 atom stereocenters. The quantitative estimate of drug-likeness (QED) is 0.722. The van der Waals surface area contributed by atoms with Gasteiger partial charge in [-0.1, -0.05) is 23.2 Å². The number of nitrogens with zero attached hydrogens (tertiary/aromatic N) is 1. The van der Waals surface area contributed by atoms with Gasteiger partial charge in [-0.25, -0.2) is 0 Å². The summed E-state index contributed by atoms with van der Waals surface area (Å²) in [5.41, 5.74) is 1.67. The Bertz CT molecular complexity index is 763. The molecule has 0 amide bonds. The lowest BCUT2D eigenvalue weighted by molar-refractivity contribution is 0.103. The average molecular weight is 291 g/mol. The summed E-state index contributed by atoms with van der Waals surface area (Å²) in [5, 5.41) is 8.82. The van der Waals surface area contributed by atoms with Gasteiger partial charge >= 0.3 is 0 Å². The fourth-order valence-electron chi connectivity index (χ4n) is 1.90. The Morgan fingerprint density at radius 3 is 2.42 bits per heavy atom. The van der Waals surface area contributed by atoms with E-state index in [1.54, 1.807) is 42.5 Å². The summed E-state index contributed by atoms with van der Waals surface area (Å²) in [6, 6.07) is 12.0. The Morgan fingerprint density at radius 2 is 1.68 bits per heavy atom. The lowest BCUT2D eigenvalue weighted by Gasteiger charge is -1.98. The molecule has 1 N–H and O–H groups in total. The van der Waals surface area contributed by atoms with Gasteiger partial charge in [0.2, 0.25) is 5.78 Å². The van der Waals surface area contributed by atoms with Gasteiger partial charge in [-0.2, -0.15) is 5.10 Å². The number of halogens is 2. The maximum Gasteiger partial charge on any atom is 0.213 e. The molecule has 0 fully saturated rings. The van der Waals surface area contributed by atoms with Crippen LogP contribution in [0, 0.1) is 0 Å². The number of hydrogen-bond acceptors (Lipinski definition) is 2. The summed E-state index contributed by atoms with van der Waals surface area (Å²) in [6.07, 6.45) is 0. The first-order chi connectivity index (χ1) is 9.15. The zero-order valence-electron chi connectivity index (χ0n) is 9.65. The molecule has 0 spiro atoms. The molecule has 3 aromatic rings. The Labute approximate surface area is 119 Å². The van der Waals surface area contributed by atoms with Crippen LogP contribution in [0.2, 0.25) is 10.0 Å². The van der Waals surface area contributed by atoms with Crippen LogP contribution in [0.25, 0.3) is 10.9 Å². The molecular weight excluding hydrogens is 283 g/mol. The third-order valence-corrected chi connectivity index (χ3v) is 3.33. The maximum atomic E-state index is 12.4. The number of nitrogens with one attached hydrogen (secondary N) is 1. The van der Waals surface area contributed by atoms with Gasteiger partial charge in [-0.15, -0.1) is 0 Å². The minimum absolute atomic E-state index is 0.148. The molecule has 0 saturated heterocycles. The van der Waals surface area contributed by atoms with Gasteiger partial charge in [0.05, 0.1) is 5.52 Å². The SMILES string of the molecule is O=C(c1ccc(Cl)cc1)c1n[nH]c2cc(Cl)ccc12. The number of carbonyl (C=O) groups excluding carboxylic acids is 1. The van der Waals surface area contributed by atoms with Crippen molar-refractivity contribution in [3.05, 3.63) is 63.8 Å². The van der Waals surface area contributed by atoms with Crippen molar-refractivity contribution in [2.45, 2.75) is 0 Å². The molecule has 3 nitrogen and oxygen atoms in total. The van der Waals surface area contributed by atoms with E-state index in [2.05, 4.69) is 10.2 Å². The number of aromatic amines is 1. The molecule has 19 heavy (non-hydrogen) atoms. The summed E-state index contributed by atoms with van der Waals surface area (Å²) in [4.78, 5) is 12.4. The number of carbonyl (C=O) groups is 1. The van der Waals surface area contributed by atoms with E-state index in [9.17, 15) is 4.79 Å². The van der Waals surface area contributed by atoms with E-state index in [0.29, 0.717) is 21.3 Å². The molecule has 1 aromatic heterocycles. The summed E-state index contributed by atoms with van der Waals surface area (Å²) in [5.74, 6) is -0.148. The van der Waals surface area contributed by atoms with Crippen LogP contribution in [0.4, 0.5) is 0 Å². The number of aromatic nitrogens is 2. The topological polar surface area (TPSA) is 45.8 Å². The highest BCUT2D eigenvalue weighted by atomic mass is 35.5. The molecule has 0 radical (unpaired) electrons. The number of rotatable bonds is 2. The van der Waals surface area contributed by atoms with Crippen molar-refractivity contribution >= 4 is 39.9 Å². The van der Waals surface area contributed by atoms with Gasteiger partial charge in [-0.05, 0) is 42.5 Å². The van der Waals surface area contributed by atoms with Crippen LogP contribution in [-0.4, -0.2) is 16.0 Å². The van der Waals surface area contributed by atoms with Gasteiger partial charge in [0.1, 0.15) is 5.69 Å². The first-order valence-corrected chi connectivity index (χ1v) is 6.34. The molecule has 94 valence electrons. The van der Waals surface area contributed by atoms with Crippen molar-refractivity contribution in [2.24, 2.45) is 0 Å². The van der Waals surface area contributed by atoms with Gasteiger partial charge < -0.3 is 0 Å². The third kappa shape index (κ3) is 2.23. The monoisotopic (exact) mass is 290 g/mol. The largest absolute Gasteiger partial charge is 0.287 e. The standard InChI is InChI=1S/C14H8Cl2N2O/c15-9-3-1-8(2-4-9)14(19)13-11-6-5-10(16)7-12(11)17-18-13/h1-7H,(H,17,18). The van der Waals surface area contributed by atoms with E-state index in [1.165, 1.54) is 0 Å². The van der Waals surface area contributed by atoms with Gasteiger partial charge in [0.15, 0.2) is 0 Å². The normalized spacial score (nSPS) is 10.8. The zero-order valence-corrected chi connectivity index (χ0v) is 11.2. The first-order valence-electron chi connectivity index (χ1n) is 5.59. The molecule has 0 unspecified atom stereocenters. The smallest absolute Gasteiger partial charge is 0.213 e. The van der Waals surface area contributed by atoms with E-state index < -0.39 is 0 Å². The summed E-state index contributed by atoms with van der Waals surface area (Å²) >= 11 is 11.7. The molecule has 0 aliphatic carbocycles. The lowest BCUT2D eigenvalue weighted by atomic mass is 10.1. The fourth-order valence-corrected chi connectivity index (χ4v) is 2.20. The van der Waals surface area contributed by atoms with Crippen LogP contribution < -0.4 is 0 Å². The van der Waals surface area contributed by atoms with E-state index in [0.717, 1.165) is 10.9 Å². The van der Waals surface area contributed by atoms with Crippen molar-refractivity contribution < 1.29 is 4.79 Å². The van der Waals surface area contributed by atoms with Gasteiger partial charge in [-0.3, -0.25) is 9.89 Å². The van der Waals surface area contributed by atoms with Gasteiger partial charge in [0.25, 0.3) is 0 Å². The molecule has 1 heterocycles. The second-order valence-electron chi connectivity index (χ2n) is 4.10. The average Bonchev–Trinajstić information content (AvgIpc) is 2.81. The molecule has 2 aromatic carbocycles. The number of ketones is 1. The Balaban J connectivity index is 2.09. The predicted octanol–water partition coefficient (Wildman–Crippen LogP) is 4.10. The highest BCUT2D eigenvalue weighted by Crippen LogP contribution is 2.22. The van der Waals surface area contributed by atoms with Crippen molar-refractivity contribution in [3.8, 4) is 0 Å². The third-order valence-electron chi connectivity index (χ3n) is 2.85. The predicted molar refractivity (Wildman–Crippen MR) is 76.0 cm³/mol. The van der Waals surface area contributed by atoms with E-state index in [-0.39, 0.29) is 5.78 Å². The van der Waals surface area contributed by atoms with Crippen LogP contribution >= 0.6 is 23.2 Å². The fraction of sp³-hybridized carbons (Fsp3) is 0. The summed E-state index contributed by atoms with van der Waals surface area (Å²) in [7, 11) is 0. The minimum Gasteiger partial charge on any atom is -0.287 e. The Kier molecular flexibility index (Phi) is 3.01. The van der Waals surface area contributed by atoms with Crippen LogP contribution in [0.3, 0.4) is 0 Å². The minimum atomic E-state index is -0.148. The van der Waals surface area contributed by atoms with Gasteiger partial charge in [0, 0.05) is 21.0 Å². The van der Waals surface area contributed by atoms with E-state index in [4.69, 9.17) is 23.2 Å². The molecule has 3 rings (SSSR count). The molecule has 0 saturated carbocycles. The number of benzene rings is 2. The molecular formula is C14H8Cl2N2O. The van der Waals surface area contributed by atoms with E-state index >= 15 is 0 Å². The van der Waals surface area contributed by atoms with Crippen molar-refractivity contribution in [2.75, 3.05) is 0 Å². The summed E-state index contributed by atoms with van der Waals surface area (Å²) in [6.45, 7) is 0. The second kappa shape index (κ2) is 4.68. The van der Waals surface area contributed by atoms with Crippen LogP contribution in [-0.2, 0) is 0 Å². The second-order valence-corrected chi connectivity index (χ2v) is 4.97. The molecule has 0 aliphatic rings. The van der Waals surface area contributed by atoms with Crippen molar-refractivity contribution in [3.63, 3.8) is 0 Å². The first kappa shape index (κ1) is 12.2.